The van der Waals surface area contributed by atoms with Crippen LogP contribution < -0.4 is 0 Å². The second-order valence-corrected chi connectivity index (χ2v) is 7.26. The summed E-state index contributed by atoms with van der Waals surface area (Å²) in [7, 11) is 0. The van der Waals surface area contributed by atoms with Crippen LogP contribution in [0.1, 0.15) is 43.6 Å². The Balaban J connectivity index is 2.52. The van der Waals surface area contributed by atoms with E-state index >= 15 is 0 Å². The van der Waals surface area contributed by atoms with Crippen LogP contribution in [-0.2, 0) is 0 Å². The molecule has 0 atom stereocenters. The first-order valence-corrected chi connectivity index (χ1v) is 8.80. The van der Waals surface area contributed by atoms with Gasteiger partial charge in [-0.3, -0.25) is 4.79 Å². The van der Waals surface area contributed by atoms with Crippen LogP contribution in [0.5, 0.6) is 0 Å². The molecule has 2 aromatic rings. The number of halogens is 1. The summed E-state index contributed by atoms with van der Waals surface area (Å²) in [6, 6.07) is 14.4. The third kappa shape index (κ3) is 3.84. The summed E-state index contributed by atoms with van der Waals surface area (Å²) in [6.45, 7) is 10.3. The number of carbonyl (C=O) groups is 1. The van der Waals surface area contributed by atoms with Crippen LogP contribution in [0.25, 0.3) is 11.1 Å². The van der Waals surface area contributed by atoms with Crippen molar-refractivity contribution in [1.29, 1.82) is 0 Å². The highest BCUT2D eigenvalue weighted by Gasteiger charge is 2.23. The summed E-state index contributed by atoms with van der Waals surface area (Å²) in [5.74, 6) is 0.0855. The van der Waals surface area contributed by atoms with E-state index < -0.39 is 0 Å². The Bertz CT molecular complexity index is 699. The molecule has 122 valence electrons. The molecule has 0 aliphatic rings. The lowest BCUT2D eigenvalue weighted by Gasteiger charge is -2.31. The van der Waals surface area contributed by atoms with Gasteiger partial charge in [0.2, 0.25) is 0 Å². The lowest BCUT2D eigenvalue weighted by molar-refractivity contribution is 0.0644. The Kier molecular flexibility index (Phi) is 5.64. The zero-order chi connectivity index (χ0) is 17.1. The molecule has 0 radical (unpaired) electrons. The van der Waals surface area contributed by atoms with Gasteiger partial charge in [-0.2, -0.15) is 0 Å². The monoisotopic (exact) mass is 373 g/mol. The third-order valence-corrected chi connectivity index (χ3v) is 4.84. The molecule has 0 N–H and O–H groups in total. The van der Waals surface area contributed by atoms with Crippen molar-refractivity contribution in [3.8, 4) is 11.1 Å². The van der Waals surface area contributed by atoms with Crippen LogP contribution >= 0.6 is 15.9 Å². The Morgan fingerprint density at radius 2 is 1.61 bits per heavy atom. The van der Waals surface area contributed by atoms with Crippen molar-refractivity contribution in [1.82, 2.24) is 4.90 Å². The molecule has 2 aromatic carbocycles. The molecule has 0 unspecified atom stereocenters. The number of benzene rings is 2. The first-order chi connectivity index (χ1) is 10.8. The van der Waals surface area contributed by atoms with Crippen molar-refractivity contribution < 1.29 is 4.79 Å². The van der Waals surface area contributed by atoms with E-state index in [-0.39, 0.29) is 18.0 Å². The predicted molar refractivity (Wildman–Crippen MR) is 101 cm³/mol. The fourth-order valence-corrected chi connectivity index (χ4v) is 3.26. The average molecular weight is 374 g/mol. The highest BCUT2D eigenvalue weighted by molar-refractivity contribution is 9.10. The minimum absolute atomic E-state index is 0.0855. The molecule has 0 saturated heterocycles. The molecule has 0 heterocycles. The summed E-state index contributed by atoms with van der Waals surface area (Å²) < 4.78 is 1.06. The van der Waals surface area contributed by atoms with Gasteiger partial charge < -0.3 is 4.90 Å². The van der Waals surface area contributed by atoms with Crippen molar-refractivity contribution in [2.75, 3.05) is 0 Å². The molecule has 23 heavy (non-hydrogen) atoms. The summed E-state index contributed by atoms with van der Waals surface area (Å²) in [5, 5.41) is 0. The minimum atomic E-state index is 0.0855. The minimum Gasteiger partial charge on any atom is -0.334 e. The third-order valence-electron chi connectivity index (χ3n) is 3.99. The van der Waals surface area contributed by atoms with Crippen LogP contribution in [-0.4, -0.2) is 22.9 Å². The molecule has 0 fully saturated rings. The fourth-order valence-electron chi connectivity index (χ4n) is 2.89. The van der Waals surface area contributed by atoms with E-state index in [9.17, 15) is 4.79 Å². The Morgan fingerprint density at radius 1 is 1.00 bits per heavy atom. The van der Waals surface area contributed by atoms with Gasteiger partial charge in [-0.25, -0.2) is 0 Å². The second-order valence-electron chi connectivity index (χ2n) is 6.41. The van der Waals surface area contributed by atoms with E-state index in [1.807, 2.05) is 29.2 Å². The smallest absolute Gasteiger partial charge is 0.254 e. The van der Waals surface area contributed by atoms with Crippen LogP contribution in [0.2, 0.25) is 0 Å². The van der Waals surface area contributed by atoms with Crippen LogP contribution in [0, 0.1) is 6.92 Å². The van der Waals surface area contributed by atoms with Crippen LogP contribution in [0.4, 0.5) is 0 Å². The molecule has 1 amide bonds. The number of rotatable bonds is 4. The lowest BCUT2D eigenvalue weighted by atomic mass is 9.97. The second kappa shape index (κ2) is 7.31. The normalized spacial score (nSPS) is 11.1. The molecule has 0 spiro atoms. The Hall–Kier alpha value is -1.61. The first-order valence-electron chi connectivity index (χ1n) is 8.01. The molecule has 0 aliphatic heterocycles. The number of hydrogen-bond acceptors (Lipinski definition) is 1. The summed E-state index contributed by atoms with van der Waals surface area (Å²) in [4.78, 5) is 15.0. The summed E-state index contributed by atoms with van der Waals surface area (Å²) in [5.41, 5.74) is 3.97. The van der Waals surface area contributed by atoms with Gasteiger partial charge in [0, 0.05) is 22.1 Å². The highest BCUT2D eigenvalue weighted by Crippen LogP contribution is 2.29. The topological polar surface area (TPSA) is 20.3 Å². The largest absolute Gasteiger partial charge is 0.334 e. The first kappa shape index (κ1) is 17.7. The number of carbonyl (C=O) groups excluding carboxylic acids is 1. The van der Waals surface area contributed by atoms with E-state index in [0.717, 1.165) is 21.2 Å². The van der Waals surface area contributed by atoms with Crippen molar-refractivity contribution in [2.45, 2.75) is 46.7 Å². The quantitative estimate of drug-likeness (QED) is 0.674. The zero-order valence-corrected chi connectivity index (χ0v) is 16.0. The van der Waals surface area contributed by atoms with Gasteiger partial charge in [-0.05, 0) is 63.4 Å². The van der Waals surface area contributed by atoms with Crippen molar-refractivity contribution in [2.24, 2.45) is 0 Å². The van der Waals surface area contributed by atoms with Gasteiger partial charge >= 0.3 is 0 Å². The molecule has 0 saturated carbocycles. The van der Waals surface area contributed by atoms with Gasteiger partial charge in [-0.15, -0.1) is 0 Å². The van der Waals surface area contributed by atoms with Gasteiger partial charge in [0.05, 0.1) is 0 Å². The van der Waals surface area contributed by atoms with E-state index in [4.69, 9.17) is 0 Å². The van der Waals surface area contributed by atoms with Gasteiger partial charge in [0.25, 0.3) is 5.91 Å². The Morgan fingerprint density at radius 3 is 2.17 bits per heavy atom. The number of hydrogen-bond donors (Lipinski definition) is 0. The zero-order valence-electron chi connectivity index (χ0n) is 14.4. The highest BCUT2D eigenvalue weighted by atomic mass is 79.9. The number of nitrogens with zero attached hydrogens (tertiary/aromatic N) is 1. The van der Waals surface area contributed by atoms with E-state index in [2.05, 4.69) is 68.7 Å². The van der Waals surface area contributed by atoms with E-state index in [1.54, 1.807) is 0 Å². The van der Waals surface area contributed by atoms with Crippen LogP contribution in [0.15, 0.2) is 46.9 Å². The van der Waals surface area contributed by atoms with E-state index in [1.165, 1.54) is 5.56 Å². The van der Waals surface area contributed by atoms with Gasteiger partial charge in [0.1, 0.15) is 0 Å². The molecule has 0 bridgehead atoms. The predicted octanol–water partition coefficient (Wildman–Crippen LogP) is 5.68. The lowest BCUT2D eigenvalue weighted by Crippen LogP contribution is -2.42. The number of amides is 1. The maximum atomic E-state index is 13.1. The molecular formula is C20H24BrNO. The van der Waals surface area contributed by atoms with Crippen molar-refractivity contribution >= 4 is 21.8 Å². The summed E-state index contributed by atoms with van der Waals surface area (Å²) >= 11 is 3.58. The molecular weight excluding hydrogens is 350 g/mol. The maximum absolute atomic E-state index is 13.1. The van der Waals surface area contributed by atoms with Crippen LogP contribution in [0.3, 0.4) is 0 Å². The molecule has 0 aromatic heterocycles. The standard InChI is InChI=1S/C20H24BrNO/c1-13(2)22(14(3)4)20(23)18-9-7-6-8-17(18)16-11-10-15(5)19(21)12-16/h6-14H,1-5H3. The van der Waals surface area contributed by atoms with Crippen molar-refractivity contribution in [3.63, 3.8) is 0 Å². The van der Waals surface area contributed by atoms with Crippen molar-refractivity contribution in [3.05, 3.63) is 58.1 Å². The molecule has 3 heteroatoms. The molecule has 2 nitrogen and oxygen atoms in total. The van der Waals surface area contributed by atoms with Gasteiger partial charge in [0.15, 0.2) is 0 Å². The maximum Gasteiger partial charge on any atom is 0.254 e. The SMILES string of the molecule is Cc1ccc(-c2ccccc2C(=O)N(C(C)C)C(C)C)cc1Br. The fraction of sp³-hybridized carbons (Fsp3) is 0.350. The van der Waals surface area contributed by atoms with E-state index in [0.29, 0.717) is 0 Å². The van der Waals surface area contributed by atoms with Gasteiger partial charge in [-0.1, -0.05) is 46.3 Å². The number of aryl methyl sites for hydroxylation is 1. The molecule has 2 rings (SSSR count). The average Bonchev–Trinajstić information content (AvgIpc) is 2.49. The Labute approximate surface area is 147 Å². The summed E-state index contributed by atoms with van der Waals surface area (Å²) in [6.07, 6.45) is 0. The molecule has 0 aliphatic carbocycles.